The second-order valence-electron chi connectivity index (χ2n) is 4.08. The highest BCUT2D eigenvalue weighted by Gasteiger charge is 2.20. The lowest BCUT2D eigenvalue weighted by molar-refractivity contribution is 0.570. The SMILES string of the molecule is Cn1nc(-c2ccoc2Cl)c(-c2ccncc2)c1N. The molecule has 0 bridgehead atoms. The molecule has 3 rings (SSSR count). The number of nitrogens with two attached hydrogens (primary N) is 1. The number of anilines is 1. The zero-order valence-electron chi connectivity index (χ0n) is 10.2. The molecule has 19 heavy (non-hydrogen) atoms. The molecule has 0 radical (unpaired) electrons. The molecule has 0 fully saturated rings. The average molecular weight is 275 g/mol. The van der Waals surface area contributed by atoms with Gasteiger partial charge in [0, 0.05) is 19.4 Å². The number of hydrogen-bond acceptors (Lipinski definition) is 4. The fourth-order valence-corrected chi connectivity index (χ4v) is 2.20. The topological polar surface area (TPSA) is 69.9 Å². The van der Waals surface area contributed by atoms with E-state index >= 15 is 0 Å². The van der Waals surface area contributed by atoms with E-state index in [0.717, 1.165) is 16.7 Å². The lowest BCUT2D eigenvalue weighted by Gasteiger charge is -2.02. The maximum Gasteiger partial charge on any atom is 0.202 e. The molecule has 0 atom stereocenters. The summed E-state index contributed by atoms with van der Waals surface area (Å²) < 4.78 is 6.74. The quantitative estimate of drug-likeness (QED) is 0.780. The van der Waals surface area contributed by atoms with E-state index in [1.54, 1.807) is 30.2 Å². The van der Waals surface area contributed by atoms with Crippen molar-refractivity contribution in [3.63, 3.8) is 0 Å². The molecule has 0 spiro atoms. The van der Waals surface area contributed by atoms with Gasteiger partial charge in [-0.15, -0.1) is 0 Å². The van der Waals surface area contributed by atoms with Crippen LogP contribution in [-0.2, 0) is 7.05 Å². The van der Waals surface area contributed by atoms with Gasteiger partial charge in [-0.1, -0.05) is 0 Å². The highest BCUT2D eigenvalue weighted by Crippen LogP contribution is 2.38. The second kappa shape index (κ2) is 4.44. The third kappa shape index (κ3) is 1.88. The lowest BCUT2D eigenvalue weighted by Crippen LogP contribution is -1.97. The van der Waals surface area contributed by atoms with Gasteiger partial charge in [0.2, 0.25) is 5.22 Å². The maximum absolute atomic E-state index is 6.10. The largest absolute Gasteiger partial charge is 0.452 e. The van der Waals surface area contributed by atoms with Crippen LogP contribution in [0.5, 0.6) is 0 Å². The second-order valence-corrected chi connectivity index (χ2v) is 4.42. The molecule has 0 saturated heterocycles. The molecule has 0 amide bonds. The number of furan rings is 1. The first kappa shape index (κ1) is 11.8. The molecule has 3 aromatic heterocycles. The Labute approximate surface area is 114 Å². The summed E-state index contributed by atoms with van der Waals surface area (Å²) >= 11 is 6.03. The zero-order chi connectivity index (χ0) is 13.4. The van der Waals surface area contributed by atoms with E-state index in [-0.39, 0.29) is 0 Å². The molecule has 0 aliphatic rings. The number of aromatic nitrogens is 3. The Morgan fingerprint density at radius 2 is 2.00 bits per heavy atom. The summed E-state index contributed by atoms with van der Waals surface area (Å²) in [5.41, 5.74) is 9.28. The van der Waals surface area contributed by atoms with Gasteiger partial charge in [0.1, 0.15) is 11.5 Å². The van der Waals surface area contributed by atoms with Crippen LogP contribution in [-0.4, -0.2) is 14.8 Å². The van der Waals surface area contributed by atoms with Gasteiger partial charge in [-0.2, -0.15) is 5.10 Å². The van der Waals surface area contributed by atoms with Crippen LogP contribution in [0.15, 0.2) is 41.3 Å². The highest BCUT2D eigenvalue weighted by molar-refractivity contribution is 6.31. The van der Waals surface area contributed by atoms with Gasteiger partial charge in [-0.3, -0.25) is 9.67 Å². The smallest absolute Gasteiger partial charge is 0.202 e. The van der Waals surface area contributed by atoms with Crippen molar-refractivity contribution in [2.45, 2.75) is 0 Å². The van der Waals surface area contributed by atoms with Crippen LogP contribution in [0.3, 0.4) is 0 Å². The fourth-order valence-electron chi connectivity index (χ4n) is 1.99. The highest BCUT2D eigenvalue weighted by atomic mass is 35.5. The summed E-state index contributed by atoms with van der Waals surface area (Å²) in [5.74, 6) is 0.568. The fraction of sp³-hybridized carbons (Fsp3) is 0.0769. The Morgan fingerprint density at radius 3 is 2.63 bits per heavy atom. The number of nitrogens with zero attached hydrogens (tertiary/aromatic N) is 3. The van der Waals surface area contributed by atoms with Crippen molar-refractivity contribution in [3.05, 3.63) is 42.1 Å². The number of nitrogen functional groups attached to an aromatic ring is 1. The van der Waals surface area contributed by atoms with Crippen molar-refractivity contribution in [1.82, 2.24) is 14.8 Å². The first-order valence-corrected chi connectivity index (χ1v) is 6.02. The molecule has 3 heterocycles. The van der Waals surface area contributed by atoms with E-state index in [1.807, 2.05) is 12.1 Å². The zero-order valence-corrected chi connectivity index (χ0v) is 10.9. The Kier molecular flexibility index (Phi) is 2.76. The lowest BCUT2D eigenvalue weighted by atomic mass is 10.0. The summed E-state index contributed by atoms with van der Waals surface area (Å²) in [4.78, 5) is 4.00. The Hall–Kier alpha value is -2.27. The van der Waals surface area contributed by atoms with Crippen LogP contribution in [0.1, 0.15) is 0 Å². The van der Waals surface area contributed by atoms with E-state index < -0.39 is 0 Å². The third-order valence-corrected chi connectivity index (χ3v) is 3.23. The van der Waals surface area contributed by atoms with E-state index in [0.29, 0.717) is 16.7 Å². The molecular formula is C13H11ClN4O. The number of halogens is 1. The number of rotatable bonds is 2. The van der Waals surface area contributed by atoms with Crippen molar-refractivity contribution >= 4 is 17.4 Å². The molecule has 96 valence electrons. The molecular weight excluding hydrogens is 264 g/mol. The van der Waals surface area contributed by atoms with Gasteiger partial charge >= 0.3 is 0 Å². The Bertz CT molecular complexity index is 718. The van der Waals surface area contributed by atoms with Gasteiger partial charge in [0.25, 0.3) is 0 Å². The summed E-state index contributed by atoms with van der Waals surface area (Å²) in [6.45, 7) is 0. The summed E-state index contributed by atoms with van der Waals surface area (Å²) in [7, 11) is 1.79. The van der Waals surface area contributed by atoms with Crippen LogP contribution < -0.4 is 5.73 Å². The molecule has 3 aromatic rings. The Balaban J connectivity index is 2.28. The first-order chi connectivity index (χ1) is 9.18. The van der Waals surface area contributed by atoms with Crippen molar-refractivity contribution in [1.29, 1.82) is 0 Å². The first-order valence-electron chi connectivity index (χ1n) is 5.64. The van der Waals surface area contributed by atoms with Gasteiger partial charge in [0.15, 0.2) is 0 Å². The van der Waals surface area contributed by atoms with Gasteiger partial charge < -0.3 is 10.2 Å². The monoisotopic (exact) mass is 274 g/mol. The van der Waals surface area contributed by atoms with Crippen LogP contribution in [0, 0.1) is 0 Å². The minimum absolute atomic E-state index is 0.299. The van der Waals surface area contributed by atoms with Crippen LogP contribution in [0.4, 0.5) is 5.82 Å². The summed E-state index contributed by atoms with van der Waals surface area (Å²) in [5, 5.41) is 4.72. The normalized spacial score (nSPS) is 10.8. The van der Waals surface area contributed by atoms with Crippen LogP contribution in [0.2, 0.25) is 5.22 Å². The van der Waals surface area contributed by atoms with Crippen molar-refractivity contribution < 1.29 is 4.42 Å². The molecule has 0 aliphatic heterocycles. The predicted molar refractivity (Wildman–Crippen MR) is 73.6 cm³/mol. The van der Waals surface area contributed by atoms with Gasteiger partial charge in [-0.05, 0) is 35.4 Å². The van der Waals surface area contributed by atoms with Gasteiger partial charge in [-0.25, -0.2) is 0 Å². The third-order valence-electron chi connectivity index (χ3n) is 2.93. The van der Waals surface area contributed by atoms with Crippen LogP contribution >= 0.6 is 11.6 Å². The van der Waals surface area contributed by atoms with Crippen molar-refractivity contribution in [2.75, 3.05) is 5.73 Å². The number of hydrogen-bond donors (Lipinski definition) is 1. The Morgan fingerprint density at radius 1 is 1.26 bits per heavy atom. The molecule has 0 aliphatic carbocycles. The van der Waals surface area contributed by atoms with E-state index in [2.05, 4.69) is 10.1 Å². The standard InChI is InChI=1S/C13H11ClN4O/c1-18-13(15)10(8-2-5-16-6-3-8)11(17-18)9-4-7-19-12(9)14/h2-7H,15H2,1H3. The minimum Gasteiger partial charge on any atom is -0.452 e. The number of aryl methyl sites for hydroxylation is 1. The van der Waals surface area contributed by atoms with Crippen LogP contribution in [0.25, 0.3) is 22.4 Å². The van der Waals surface area contributed by atoms with E-state index in [1.165, 1.54) is 6.26 Å². The maximum atomic E-state index is 6.10. The molecule has 0 aromatic carbocycles. The number of pyridine rings is 1. The van der Waals surface area contributed by atoms with Crippen molar-refractivity contribution in [2.24, 2.45) is 7.05 Å². The van der Waals surface area contributed by atoms with Gasteiger partial charge in [0.05, 0.1) is 17.4 Å². The average Bonchev–Trinajstić information content (AvgIpc) is 2.96. The molecule has 5 nitrogen and oxygen atoms in total. The molecule has 2 N–H and O–H groups in total. The minimum atomic E-state index is 0.299. The molecule has 0 saturated carbocycles. The summed E-state index contributed by atoms with van der Waals surface area (Å²) in [6, 6.07) is 5.53. The summed E-state index contributed by atoms with van der Waals surface area (Å²) in [6.07, 6.45) is 4.95. The molecule has 6 heteroatoms. The van der Waals surface area contributed by atoms with E-state index in [4.69, 9.17) is 21.8 Å². The van der Waals surface area contributed by atoms with Crippen molar-refractivity contribution in [3.8, 4) is 22.4 Å². The van der Waals surface area contributed by atoms with E-state index in [9.17, 15) is 0 Å². The predicted octanol–water partition coefficient (Wildman–Crippen LogP) is 2.98. The molecule has 0 unspecified atom stereocenters.